The summed E-state index contributed by atoms with van der Waals surface area (Å²) < 4.78 is 19.9. The van der Waals surface area contributed by atoms with Crippen molar-refractivity contribution in [1.29, 1.82) is 0 Å². The summed E-state index contributed by atoms with van der Waals surface area (Å²) in [6.45, 7) is 4.23. The lowest BCUT2D eigenvalue weighted by molar-refractivity contribution is -0.114. The van der Waals surface area contributed by atoms with Crippen LogP contribution in [0.25, 0.3) is 0 Å². The number of rotatable bonds is 3. The van der Waals surface area contributed by atoms with Crippen LogP contribution in [0.15, 0.2) is 23.3 Å². The maximum atomic E-state index is 14.3. The molecule has 0 atom stereocenters. The topological polar surface area (TPSA) is 29.5 Å². The summed E-state index contributed by atoms with van der Waals surface area (Å²) in [5, 5.41) is 0.222. The minimum absolute atomic E-state index is 0.0728. The maximum Gasteiger partial charge on any atom is 0.254 e. The number of hydrogen-bond acceptors (Lipinski definition) is 2. The van der Waals surface area contributed by atoms with Crippen molar-refractivity contribution < 1.29 is 13.9 Å². The van der Waals surface area contributed by atoms with Crippen LogP contribution >= 0.6 is 11.6 Å². The van der Waals surface area contributed by atoms with Crippen LogP contribution in [0, 0.1) is 5.82 Å². The highest BCUT2D eigenvalue weighted by atomic mass is 35.5. The van der Waals surface area contributed by atoms with Crippen molar-refractivity contribution in [3.8, 4) is 5.75 Å². The van der Waals surface area contributed by atoms with Gasteiger partial charge in [0.15, 0.2) is 0 Å². The molecular formula is C17H19ClFNO2. The highest BCUT2D eigenvalue weighted by molar-refractivity contribution is 6.32. The first kappa shape index (κ1) is 15.3. The molecule has 1 amide bonds. The van der Waals surface area contributed by atoms with Crippen LogP contribution in [-0.2, 0) is 4.79 Å². The molecule has 1 aliphatic carbocycles. The Labute approximate surface area is 134 Å². The molecule has 5 heteroatoms. The van der Waals surface area contributed by atoms with Crippen LogP contribution in [0.2, 0.25) is 5.02 Å². The summed E-state index contributed by atoms with van der Waals surface area (Å²) in [7, 11) is 0. The monoisotopic (exact) mass is 323 g/mol. The molecule has 3 nitrogen and oxygen atoms in total. The van der Waals surface area contributed by atoms with Crippen molar-refractivity contribution in [3.05, 3.63) is 34.1 Å². The van der Waals surface area contributed by atoms with Crippen LogP contribution in [-0.4, -0.2) is 18.6 Å². The smallest absolute Gasteiger partial charge is 0.254 e. The van der Waals surface area contributed by atoms with Crippen LogP contribution in [0.3, 0.4) is 0 Å². The van der Waals surface area contributed by atoms with Gasteiger partial charge in [-0.2, -0.15) is 0 Å². The Kier molecular flexibility index (Phi) is 4.13. The molecule has 2 aliphatic rings. The second-order valence-corrected chi connectivity index (χ2v) is 6.49. The number of benzene rings is 1. The third-order valence-corrected chi connectivity index (χ3v) is 4.38. The summed E-state index contributed by atoms with van der Waals surface area (Å²) in [4.78, 5) is 14.0. The van der Waals surface area contributed by atoms with Gasteiger partial charge in [0.05, 0.1) is 16.8 Å². The van der Waals surface area contributed by atoms with E-state index < -0.39 is 5.82 Å². The van der Waals surface area contributed by atoms with Gasteiger partial charge in [0, 0.05) is 18.2 Å². The lowest BCUT2D eigenvalue weighted by atomic mass is 9.94. The molecule has 3 rings (SSSR count). The minimum Gasteiger partial charge on any atom is -0.489 e. The van der Waals surface area contributed by atoms with Crippen molar-refractivity contribution in [1.82, 2.24) is 0 Å². The van der Waals surface area contributed by atoms with E-state index in [9.17, 15) is 9.18 Å². The number of ether oxygens (including phenoxy) is 1. The summed E-state index contributed by atoms with van der Waals surface area (Å²) in [6, 6.07) is 2.76. The lowest BCUT2D eigenvalue weighted by Crippen LogP contribution is -2.27. The Hall–Kier alpha value is -1.55. The molecule has 1 heterocycles. The Bertz CT molecular complexity index is 654. The third-order valence-electron chi connectivity index (χ3n) is 4.09. The molecule has 1 aromatic rings. The van der Waals surface area contributed by atoms with Crippen molar-refractivity contribution in [3.63, 3.8) is 0 Å². The number of halogens is 2. The lowest BCUT2D eigenvalue weighted by Gasteiger charge is -2.20. The van der Waals surface area contributed by atoms with Crippen LogP contribution in [0.1, 0.15) is 39.5 Å². The Morgan fingerprint density at radius 2 is 2.00 bits per heavy atom. The Morgan fingerprint density at radius 1 is 1.27 bits per heavy atom. The van der Waals surface area contributed by atoms with Crippen molar-refractivity contribution in [2.75, 3.05) is 11.4 Å². The molecule has 1 aromatic carbocycles. The zero-order chi connectivity index (χ0) is 15.9. The molecule has 0 bridgehead atoms. The molecule has 0 saturated carbocycles. The van der Waals surface area contributed by atoms with Gasteiger partial charge < -0.3 is 9.64 Å². The van der Waals surface area contributed by atoms with Gasteiger partial charge in [0.25, 0.3) is 5.91 Å². The fraction of sp³-hybridized carbons (Fsp3) is 0.471. The molecule has 118 valence electrons. The number of amides is 1. The summed E-state index contributed by atoms with van der Waals surface area (Å²) in [5.41, 5.74) is 2.27. The average molecular weight is 324 g/mol. The molecular weight excluding hydrogens is 305 g/mol. The SMILES string of the molecule is CC(C)Oc1cc(N2CC3=C(CCCC3)C2=O)c(F)cc1Cl. The summed E-state index contributed by atoms with van der Waals surface area (Å²) >= 11 is 6.03. The minimum atomic E-state index is -0.491. The molecule has 0 saturated heterocycles. The highest BCUT2D eigenvalue weighted by Crippen LogP contribution is 2.38. The maximum absolute atomic E-state index is 14.3. The van der Waals surface area contributed by atoms with E-state index in [2.05, 4.69) is 0 Å². The average Bonchev–Trinajstić information content (AvgIpc) is 2.79. The predicted molar refractivity (Wildman–Crippen MR) is 85.0 cm³/mol. The number of hydrogen-bond donors (Lipinski definition) is 0. The van der Waals surface area contributed by atoms with E-state index in [1.54, 1.807) is 0 Å². The number of nitrogens with zero attached hydrogens (tertiary/aromatic N) is 1. The quantitative estimate of drug-likeness (QED) is 0.820. The van der Waals surface area contributed by atoms with E-state index in [1.165, 1.54) is 17.0 Å². The molecule has 0 radical (unpaired) electrons. The van der Waals surface area contributed by atoms with Gasteiger partial charge in [-0.3, -0.25) is 4.79 Å². The predicted octanol–water partition coefficient (Wildman–Crippen LogP) is 4.48. The van der Waals surface area contributed by atoms with Gasteiger partial charge in [0.1, 0.15) is 11.6 Å². The van der Waals surface area contributed by atoms with Gasteiger partial charge >= 0.3 is 0 Å². The summed E-state index contributed by atoms with van der Waals surface area (Å²) in [5.74, 6) is -0.161. The van der Waals surface area contributed by atoms with E-state index in [0.717, 1.165) is 36.8 Å². The van der Waals surface area contributed by atoms with Gasteiger partial charge in [-0.25, -0.2) is 4.39 Å². The number of carbonyl (C=O) groups is 1. The Morgan fingerprint density at radius 3 is 2.68 bits per heavy atom. The van der Waals surface area contributed by atoms with Crippen LogP contribution < -0.4 is 9.64 Å². The van der Waals surface area contributed by atoms with Gasteiger partial charge in [-0.1, -0.05) is 11.6 Å². The van der Waals surface area contributed by atoms with Crippen molar-refractivity contribution >= 4 is 23.2 Å². The van der Waals surface area contributed by atoms with Crippen LogP contribution in [0.4, 0.5) is 10.1 Å². The zero-order valence-electron chi connectivity index (χ0n) is 12.8. The summed E-state index contributed by atoms with van der Waals surface area (Å²) in [6.07, 6.45) is 3.79. The first-order chi connectivity index (χ1) is 10.5. The van der Waals surface area contributed by atoms with Crippen LogP contribution in [0.5, 0.6) is 5.75 Å². The number of carbonyl (C=O) groups excluding carboxylic acids is 1. The molecule has 22 heavy (non-hydrogen) atoms. The van der Waals surface area contributed by atoms with E-state index in [0.29, 0.717) is 12.3 Å². The van der Waals surface area contributed by atoms with Gasteiger partial charge in [0.2, 0.25) is 0 Å². The van der Waals surface area contributed by atoms with E-state index in [1.807, 2.05) is 13.8 Å². The zero-order valence-corrected chi connectivity index (χ0v) is 13.5. The first-order valence-corrected chi connectivity index (χ1v) is 8.03. The fourth-order valence-corrected chi connectivity index (χ4v) is 3.28. The number of anilines is 1. The molecule has 0 fully saturated rings. The van der Waals surface area contributed by atoms with E-state index in [4.69, 9.17) is 16.3 Å². The van der Waals surface area contributed by atoms with E-state index >= 15 is 0 Å². The second-order valence-electron chi connectivity index (χ2n) is 6.08. The highest BCUT2D eigenvalue weighted by Gasteiger charge is 2.34. The normalized spacial score (nSPS) is 18.2. The molecule has 1 aliphatic heterocycles. The largest absolute Gasteiger partial charge is 0.489 e. The van der Waals surface area contributed by atoms with Crippen molar-refractivity contribution in [2.24, 2.45) is 0 Å². The first-order valence-electron chi connectivity index (χ1n) is 7.66. The molecule has 0 aromatic heterocycles. The molecule has 0 spiro atoms. The fourth-order valence-electron chi connectivity index (χ4n) is 3.09. The Balaban J connectivity index is 1.94. The molecule has 0 N–H and O–H groups in total. The van der Waals surface area contributed by atoms with Crippen molar-refractivity contribution in [2.45, 2.75) is 45.6 Å². The third kappa shape index (κ3) is 2.72. The standard InChI is InChI=1S/C17H19ClFNO2/c1-10(2)22-16-8-15(14(19)7-13(16)18)20-9-11-5-3-4-6-12(11)17(20)21/h7-8,10H,3-6,9H2,1-2H3. The van der Waals surface area contributed by atoms with Gasteiger partial charge in [-0.05, 0) is 51.2 Å². The second kappa shape index (κ2) is 5.92. The van der Waals surface area contributed by atoms with Gasteiger partial charge in [-0.15, -0.1) is 0 Å². The van der Waals surface area contributed by atoms with E-state index in [-0.39, 0.29) is 22.7 Å². The molecule has 0 unspecified atom stereocenters.